The van der Waals surface area contributed by atoms with Gasteiger partial charge in [-0.15, -0.1) is 0 Å². The lowest BCUT2D eigenvalue weighted by atomic mass is 10.2. The number of nitrogens with one attached hydrogen (secondary N) is 1. The highest BCUT2D eigenvalue weighted by Crippen LogP contribution is 2.17. The predicted molar refractivity (Wildman–Crippen MR) is 75.5 cm³/mol. The third kappa shape index (κ3) is 2.71. The van der Waals surface area contributed by atoms with E-state index in [1.807, 2.05) is 13.8 Å². The lowest BCUT2D eigenvalue weighted by Gasteiger charge is -2.11. The second-order valence-electron chi connectivity index (χ2n) is 4.79. The Bertz CT molecular complexity index is 621. The van der Waals surface area contributed by atoms with Crippen molar-refractivity contribution in [1.82, 2.24) is 15.1 Å². The number of para-hydroxylation sites is 1. The van der Waals surface area contributed by atoms with E-state index in [9.17, 15) is 9.18 Å². The highest BCUT2D eigenvalue weighted by Gasteiger charge is 2.17. The van der Waals surface area contributed by atoms with Crippen molar-refractivity contribution in [1.29, 1.82) is 0 Å². The maximum Gasteiger partial charge on any atom is 0.254 e. The van der Waals surface area contributed by atoms with Crippen LogP contribution < -0.4 is 5.32 Å². The Morgan fingerprint density at radius 3 is 2.80 bits per heavy atom. The first-order valence-corrected chi connectivity index (χ1v) is 6.65. The van der Waals surface area contributed by atoms with Gasteiger partial charge in [-0.2, -0.15) is 5.10 Å². The fraction of sp³-hybridized carbons (Fsp3) is 0.333. The van der Waals surface area contributed by atoms with Gasteiger partial charge in [-0.25, -0.2) is 9.07 Å². The van der Waals surface area contributed by atoms with Crippen LogP contribution in [-0.4, -0.2) is 21.7 Å². The fourth-order valence-corrected chi connectivity index (χ4v) is 1.90. The third-order valence-corrected chi connectivity index (χ3v) is 3.32. The molecule has 1 N–H and O–H groups in total. The molecule has 0 aliphatic rings. The molecule has 0 saturated heterocycles. The van der Waals surface area contributed by atoms with Crippen LogP contribution in [0.2, 0.25) is 0 Å². The van der Waals surface area contributed by atoms with Crippen molar-refractivity contribution in [3.05, 3.63) is 47.5 Å². The molecule has 1 aromatic carbocycles. The van der Waals surface area contributed by atoms with E-state index in [1.165, 1.54) is 16.9 Å². The molecule has 2 rings (SSSR count). The second-order valence-corrected chi connectivity index (χ2v) is 4.79. The van der Waals surface area contributed by atoms with Crippen LogP contribution in [0.5, 0.6) is 0 Å². The molecule has 0 spiro atoms. The van der Waals surface area contributed by atoms with E-state index in [0.717, 1.165) is 6.42 Å². The van der Waals surface area contributed by atoms with Gasteiger partial charge < -0.3 is 5.32 Å². The van der Waals surface area contributed by atoms with Crippen LogP contribution in [0.3, 0.4) is 0 Å². The van der Waals surface area contributed by atoms with Crippen molar-refractivity contribution < 1.29 is 9.18 Å². The van der Waals surface area contributed by atoms with Crippen LogP contribution in [0, 0.1) is 12.7 Å². The van der Waals surface area contributed by atoms with E-state index in [-0.39, 0.29) is 17.8 Å². The SMILES string of the molecule is CC[C@@H](C)NC(=O)c1cnn(-c2ccccc2F)c1C. The monoisotopic (exact) mass is 275 g/mol. The highest BCUT2D eigenvalue weighted by molar-refractivity contribution is 5.95. The largest absolute Gasteiger partial charge is 0.349 e. The number of amides is 1. The quantitative estimate of drug-likeness (QED) is 0.932. The van der Waals surface area contributed by atoms with Crippen LogP contribution in [-0.2, 0) is 0 Å². The summed E-state index contributed by atoms with van der Waals surface area (Å²) in [6, 6.07) is 6.45. The molecule has 1 aromatic heterocycles. The van der Waals surface area contributed by atoms with E-state index in [1.54, 1.807) is 25.1 Å². The molecule has 20 heavy (non-hydrogen) atoms. The normalized spacial score (nSPS) is 12.2. The zero-order valence-corrected chi connectivity index (χ0v) is 11.9. The molecular weight excluding hydrogens is 257 g/mol. The predicted octanol–water partition coefficient (Wildman–Crippen LogP) is 2.85. The van der Waals surface area contributed by atoms with Crippen LogP contribution in [0.15, 0.2) is 30.5 Å². The lowest BCUT2D eigenvalue weighted by Crippen LogP contribution is -2.32. The summed E-state index contributed by atoms with van der Waals surface area (Å²) in [4.78, 5) is 12.1. The number of carbonyl (C=O) groups excluding carboxylic acids is 1. The topological polar surface area (TPSA) is 46.9 Å². The van der Waals surface area contributed by atoms with E-state index < -0.39 is 0 Å². The molecule has 5 heteroatoms. The Balaban J connectivity index is 2.32. The molecule has 4 nitrogen and oxygen atoms in total. The molecular formula is C15H18FN3O. The fourth-order valence-electron chi connectivity index (χ4n) is 1.90. The Labute approximate surface area is 117 Å². The van der Waals surface area contributed by atoms with Crippen LogP contribution in [0.25, 0.3) is 5.69 Å². The van der Waals surface area contributed by atoms with Gasteiger partial charge in [0.1, 0.15) is 11.5 Å². The summed E-state index contributed by atoms with van der Waals surface area (Å²) in [6.45, 7) is 5.69. The molecule has 1 atom stereocenters. The van der Waals surface area contributed by atoms with Crippen LogP contribution in [0.1, 0.15) is 36.3 Å². The number of halogens is 1. The standard InChI is InChI=1S/C15H18FN3O/c1-4-10(2)18-15(20)12-9-17-19(11(12)3)14-8-6-5-7-13(14)16/h5-10H,4H2,1-3H3,(H,18,20)/t10-/m1/s1. The molecule has 1 heterocycles. The number of carbonyl (C=O) groups is 1. The summed E-state index contributed by atoms with van der Waals surface area (Å²) in [5.41, 5.74) is 1.43. The Kier molecular flexibility index (Phi) is 4.17. The summed E-state index contributed by atoms with van der Waals surface area (Å²) >= 11 is 0. The molecule has 1 amide bonds. The van der Waals surface area contributed by atoms with Crippen molar-refractivity contribution >= 4 is 5.91 Å². The first kappa shape index (κ1) is 14.2. The highest BCUT2D eigenvalue weighted by atomic mass is 19.1. The van der Waals surface area contributed by atoms with Gasteiger partial charge >= 0.3 is 0 Å². The van der Waals surface area contributed by atoms with Crippen molar-refractivity contribution in [3.8, 4) is 5.69 Å². The molecule has 0 aliphatic carbocycles. The molecule has 0 unspecified atom stereocenters. The molecule has 0 bridgehead atoms. The zero-order valence-electron chi connectivity index (χ0n) is 11.9. The maximum absolute atomic E-state index is 13.8. The minimum atomic E-state index is -0.368. The average molecular weight is 275 g/mol. The van der Waals surface area contributed by atoms with E-state index >= 15 is 0 Å². The Morgan fingerprint density at radius 1 is 1.45 bits per heavy atom. The van der Waals surface area contributed by atoms with E-state index in [4.69, 9.17) is 0 Å². The van der Waals surface area contributed by atoms with Gasteiger partial charge in [0.05, 0.1) is 17.5 Å². The number of hydrogen-bond donors (Lipinski definition) is 1. The summed E-state index contributed by atoms with van der Waals surface area (Å²) in [5, 5.41) is 7.00. The summed E-state index contributed by atoms with van der Waals surface area (Å²) in [5.74, 6) is -0.549. The Hall–Kier alpha value is -2.17. The molecule has 0 radical (unpaired) electrons. The van der Waals surface area contributed by atoms with Gasteiger partial charge in [0.15, 0.2) is 0 Å². The second kappa shape index (κ2) is 5.86. The first-order chi connectivity index (χ1) is 9.54. The number of hydrogen-bond acceptors (Lipinski definition) is 2. The smallest absolute Gasteiger partial charge is 0.254 e. The number of aromatic nitrogens is 2. The first-order valence-electron chi connectivity index (χ1n) is 6.65. The lowest BCUT2D eigenvalue weighted by molar-refractivity contribution is 0.0938. The van der Waals surface area contributed by atoms with Gasteiger partial charge in [-0.1, -0.05) is 19.1 Å². The number of benzene rings is 1. The van der Waals surface area contributed by atoms with Gasteiger partial charge in [0.25, 0.3) is 5.91 Å². The van der Waals surface area contributed by atoms with Crippen molar-refractivity contribution in [2.24, 2.45) is 0 Å². The van der Waals surface area contributed by atoms with Crippen LogP contribution >= 0.6 is 0 Å². The Morgan fingerprint density at radius 2 is 2.15 bits per heavy atom. The molecule has 0 saturated carbocycles. The number of rotatable bonds is 4. The van der Waals surface area contributed by atoms with E-state index in [2.05, 4.69) is 10.4 Å². The maximum atomic E-state index is 13.8. The third-order valence-electron chi connectivity index (χ3n) is 3.32. The summed E-state index contributed by atoms with van der Waals surface area (Å²) < 4.78 is 15.2. The average Bonchev–Trinajstić information content (AvgIpc) is 2.81. The van der Waals surface area contributed by atoms with Crippen molar-refractivity contribution in [3.63, 3.8) is 0 Å². The van der Waals surface area contributed by atoms with Crippen LogP contribution in [0.4, 0.5) is 4.39 Å². The summed E-state index contributed by atoms with van der Waals surface area (Å²) in [6.07, 6.45) is 2.33. The zero-order chi connectivity index (χ0) is 14.7. The molecule has 0 fully saturated rings. The summed E-state index contributed by atoms with van der Waals surface area (Å²) in [7, 11) is 0. The minimum absolute atomic E-state index is 0.0960. The van der Waals surface area contributed by atoms with Gasteiger partial charge in [0, 0.05) is 6.04 Å². The molecule has 0 aliphatic heterocycles. The minimum Gasteiger partial charge on any atom is -0.349 e. The van der Waals surface area contributed by atoms with Crippen molar-refractivity contribution in [2.75, 3.05) is 0 Å². The molecule has 2 aromatic rings. The number of nitrogens with zero attached hydrogens (tertiary/aromatic N) is 2. The van der Waals surface area contributed by atoms with Gasteiger partial charge in [-0.3, -0.25) is 4.79 Å². The molecule has 106 valence electrons. The van der Waals surface area contributed by atoms with Gasteiger partial charge in [0.2, 0.25) is 0 Å². The van der Waals surface area contributed by atoms with E-state index in [0.29, 0.717) is 16.9 Å². The van der Waals surface area contributed by atoms with Crippen molar-refractivity contribution in [2.45, 2.75) is 33.2 Å². The van der Waals surface area contributed by atoms with Gasteiger partial charge in [-0.05, 0) is 32.4 Å².